The van der Waals surface area contributed by atoms with Crippen LogP contribution in [0.2, 0.25) is 5.02 Å². The zero-order valence-electron chi connectivity index (χ0n) is 10.00. The number of carbonyl (C=O) groups is 1. The third kappa shape index (κ3) is 3.33. The van der Waals surface area contributed by atoms with Gasteiger partial charge in [0.2, 0.25) is 0 Å². The number of hydrogen-bond acceptors (Lipinski definition) is 2. The monoisotopic (exact) mass is 290 g/mol. The first-order chi connectivity index (χ1) is 8.97. The van der Waals surface area contributed by atoms with Crippen molar-refractivity contribution in [3.63, 3.8) is 0 Å². The summed E-state index contributed by atoms with van der Waals surface area (Å²) in [7, 11) is 0. The van der Waals surface area contributed by atoms with E-state index in [1.54, 1.807) is 0 Å². The number of benzene rings is 1. The largest absolute Gasteiger partial charge is 0.391 e. The first kappa shape index (κ1) is 14.0. The lowest BCUT2D eigenvalue weighted by Crippen LogP contribution is -2.44. The van der Waals surface area contributed by atoms with Crippen LogP contribution in [0.3, 0.4) is 0 Å². The van der Waals surface area contributed by atoms with Crippen LogP contribution < -0.4 is 5.32 Å². The van der Waals surface area contributed by atoms with E-state index in [1.165, 1.54) is 4.90 Å². The molecule has 104 valence electrons. The molecule has 7 heteroatoms. The van der Waals surface area contributed by atoms with Crippen LogP contribution in [0.1, 0.15) is 12.8 Å². The van der Waals surface area contributed by atoms with Crippen molar-refractivity contribution < 1.29 is 18.7 Å². The zero-order chi connectivity index (χ0) is 14.0. The Hall–Kier alpha value is -1.40. The Morgan fingerprint density at radius 1 is 1.42 bits per heavy atom. The summed E-state index contributed by atoms with van der Waals surface area (Å²) < 4.78 is 27.0. The smallest absolute Gasteiger partial charge is 0.322 e. The number of urea groups is 1. The SMILES string of the molecule is O=C(Nc1c(F)cc(Cl)cc1F)N1CCCC(O)C1. The number of aliphatic hydroxyl groups excluding tert-OH is 1. The highest BCUT2D eigenvalue weighted by molar-refractivity contribution is 6.30. The van der Waals surface area contributed by atoms with Crippen LogP contribution >= 0.6 is 11.6 Å². The van der Waals surface area contributed by atoms with Crippen molar-refractivity contribution in [2.45, 2.75) is 18.9 Å². The van der Waals surface area contributed by atoms with Crippen molar-refractivity contribution in [3.8, 4) is 0 Å². The van der Waals surface area contributed by atoms with E-state index in [2.05, 4.69) is 5.32 Å². The van der Waals surface area contributed by atoms with E-state index in [1.807, 2.05) is 0 Å². The van der Waals surface area contributed by atoms with Crippen molar-refractivity contribution in [1.29, 1.82) is 0 Å². The topological polar surface area (TPSA) is 52.6 Å². The fraction of sp³-hybridized carbons (Fsp3) is 0.417. The molecule has 2 rings (SSSR count). The van der Waals surface area contributed by atoms with Gasteiger partial charge in [-0.15, -0.1) is 0 Å². The molecule has 1 aromatic carbocycles. The van der Waals surface area contributed by atoms with Gasteiger partial charge in [-0.1, -0.05) is 11.6 Å². The van der Waals surface area contributed by atoms with E-state index in [-0.39, 0.29) is 11.6 Å². The number of β-amino-alcohol motifs (C(OH)–C–C–N with tert-alkyl or cyclic N) is 1. The van der Waals surface area contributed by atoms with Gasteiger partial charge in [0.05, 0.1) is 6.10 Å². The number of rotatable bonds is 1. The number of nitrogens with zero attached hydrogens (tertiary/aromatic N) is 1. The fourth-order valence-electron chi connectivity index (χ4n) is 1.99. The summed E-state index contributed by atoms with van der Waals surface area (Å²) in [6, 6.07) is 1.20. The van der Waals surface area contributed by atoms with E-state index < -0.39 is 29.5 Å². The lowest BCUT2D eigenvalue weighted by Gasteiger charge is -2.30. The second-order valence-corrected chi connectivity index (χ2v) is 4.85. The average Bonchev–Trinajstić information content (AvgIpc) is 2.33. The highest BCUT2D eigenvalue weighted by Gasteiger charge is 2.23. The van der Waals surface area contributed by atoms with Crippen LogP contribution in [-0.4, -0.2) is 35.2 Å². The summed E-state index contributed by atoms with van der Waals surface area (Å²) in [5.74, 6) is -1.87. The lowest BCUT2D eigenvalue weighted by atomic mass is 10.1. The van der Waals surface area contributed by atoms with Crippen molar-refractivity contribution in [2.75, 3.05) is 18.4 Å². The summed E-state index contributed by atoms with van der Waals surface area (Å²) in [4.78, 5) is 13.2. The summed E-state index contributed by atoms with van der Waals surface area (Å²) in [5.41, 5.74) is -0.533. The maximum Gasteiger partial charge on any atom is 0.322 e. The normalized spacial score (nSPS) is 19.4. The van der Waals surface area contributed by atoms with E-state index >= 15 is 0 Å². The molecular weight excluding hydrogens is 278 g/mol. The molecular formula is C12H13ClF2N2O2. The molecule has 0 aromatic heterocycles. The predicted molar refractivity (Wildman–Crippen MR) is 67.2 cm³/mol. The Bertz CT molecular complexity index is 476. The Morgan fingerprint density at radius 3 is 2.63 bits per heavy atom. The van der Waals surface area contributed by atoms with Crippen molar-refractivity contribution in [1.82, 2.24) is 4.90 Å². The third-order valence-electron chi connectivity index (χ3n) is 2.92. The lowest BCUT2D eigenvalue weighted by molar-refractivity contribution is 0.0883. The van der Waals surface area contributed by atoms with Crippen molar-refractivity contribution in [3.05, 3.63) is 28.8 Å². The molecule has 1 aliphatic heterocycles. The van der Waals surface area contributed by atoms with Gasteiger partial charge in [-0.2, -0.15) is 0 Å². The molecule has 2 amide bonds. The summed E-state index contributed by atoms with van der Waals surface area (Å²) in [6.45, 7) is 0.600. The van der Waals surface area contributed by atoms with Gasteiger partial charge in [0.15, 0.2) is 11.6 Å². The number of piperidine rings is 1. The molecule has 1 saturated heterocycles. The first-order valence-corrected chi connectivity index (χ1v) is 6.23. The molecule has 0 bridgehead atoms. The fourth-order valence-corrected chi connectivity index (χ4v) is 2.18. The van der Waals surface area contributed by atoms with Gasteiger partial charge in [-0.25, -0.2) is 13.6 Å². The van der Waals surface area contributed by atoms with Gasteiger partial charge < -0.3 is 15.3 Å². The molecule has 19 heavy (non-hydrogen) atoms. The van der Waals surface area contributed by atoms with Crippen LogP contribution in [0.15, 0.2) is 12.1 Å². The maximum absolute atomic E-state index is 13.5. The maximum atomic E-state index is 13.5. The Kier molecular flexibility index (Phi) is 4.21. The van der Waals surface area contributed by atoms with Gasteiger partial charge in [0.25, 0.3) is 0 Å². The number of aliphatic hydroxyl groups is 1. The molecule has 4 nitrogen and oxygen atoms in total. The molecule has 1 fully saturated rings. The van der Waals surface area contributed by atoms with E-state index in [0.717, 1.165) is 12.1 Å². The molecule has 0 aliphatic carbocycles. The number of halogens is 3. The highest BCUT2D eigenvalue weighted by Crippen LogP contribution is 2.24. The quantitative estimate of drug-likeness (QED) is 0.835. The number of carbonyl (C=O) groups excluding carboxylic acids is 1. The second-order valence-electron chi connectivity index (χ2n) is 4.42. The molecule has 1 aliphatic rings. The van der Waals surface area contributed by atoms with Crippen LogP contribution in [-0.2, 0) is 0 Å². The average molecular weight is 291 g/mol. The van der Waals surface area contributed by atoms with E-state index in [0.29, 0.717) is 19.4 Å². The minimum Gasteiger partial charge on any atom is -0.391 e. The summed E-state index contributed by atoms with van der Waals surface area (Å²) in [6.07, 6.45) is 0.674. The number of hydrogen-bond donors (Lipinski definition) is 2. The minimum absolute atomic E-state index is 0.0820. The Morgan fingerprint density at radius 2 is 2.05 bits per heavy atom. The molecule has 0 saturated carbocycles. The van der Waals surface area contributed by atoms with Crippen LogP contribution in [0.5, 0.6) is 0 Å². The van der Waals surface area contributed by atoms with Gasteiger partial charge in [0.1, 0.15) is 5.69 Å². The van der Waals surface area contributed by atoms with Gasteiger partial charge in [-0.3, -0.25) is 0 Å². The minimum atomic E-state index is -0.934. The first-order valence-electron chi connectivity index (χ1n) is 5.86. The van der Waals surface area contributed by atoms with Crippen LogP contribution in [0.4, 0.5) is 19.3 Å². The molecule has 0 spiro atoms. The molecule has 1 aromatic rings. The van der Waals surface area contributed by atoms with Crippen molar-refractivity contribution >= 4 is 23.3 Å². The Balaban J connectivity index is 2.10. The highest BCUT2D eigenvalue weighted by atomic mass is 35.5. The van der Waals surface area contributed by atoms with E-state index in [9.17, 15) is 18.7 Å². The van der Waals surface area contributed by atoms with Crippen LogP contribution in [0.25, 0.3) is 0 Å². The van der Waals surface area contributed by atoms with Crippen LogP contribution in [0, 0.1) is 11.6 Å². The second kappa shape index (κ2) is 5.71. The summed E-state index contributed by atoms with van der Waals surface area (Å²) >= 11 is 5.49. The number of anilines is 1. The van der Waals surface area contributed by atoms with E-state index in [4.69, 9.17) is 11.6 Å². The number of nitrogens with one attached hydrogen (secondary N) is 1. The molecule has 1 atom stereocenters. The standard InChI is InChI=1S/C12H13ClF2N2O2/c13-7-4-9(14)11(10(15)5-7)16-12(19)17-3-1-2-8(18)6-17/h4-5,8,18H,1-3,6H2,(H,16,19). The molecule has 1 heterocycles. The Labute approximate surface area is 114 Å². The number of likely N-dealkylation sites (tertiary alicyclic amines) is 1. The molecule has 2 N–H and O–H groups in total. The van der Waals surface area contributed by atoms with Gasteiger partial charge >= 0.3 is 6.03 Å². The molecule has 0 radical (unpaired) electrons. The van der Waals surface area contributed by atoms with Gasteiger partial charge in [0, 0.05) is 18.1 Å². The van der Waals surface area contributed by atoms with Crippen molar-refractivity contribution in [2.24, 2.45) is 0 Å². The van der Waals surface area contributed by atoms with Gasteiger partial charge in [-0.05, 0) is 25.0 Å². The molecule has 1 unspecified atom stereocenters. The third-order valence-corrected chi connectivity index (χ3v) is 3.14. The number of amides is 2. The summed E-state index contributed by atoms with van der Waals surface area (Å²) in [5, 5.41) is 11.5. The predicted octanol–water partition coefficient (Wildman–Crippen LogP) is 2.61. The zero-order valence-corrected chi connectivity index (χ0v) is 10.8.